The van der Waals surface area contributed by atoms with Crippen LogP contribution in [0.2, 0.25) is 18.1 Å². The lowest BCUT2D eigenvalue weighted by molar-refractivity contribution is -0.117. The predicted octanol–water partition coefficient (Wildman–Crippen LogP) is 4.65. The van der Waals surface area contributed by atoms with E-state index in [1.165, 1.54) is 0 Å². The van der Waals surface area contributed by atoms with Gasteiger partial charge in [-0.15, -0.1) is 0 Å². The first kappa shape index (κ1) is 17.8. The average Bonchev–Trinajstić information content (AvgIpc) is 2.14. The molecule has 0 radical (unpaired) electrons. The summed E-state index contributed by atoms with van der Waals surface area (Å²) in [6.45, 7) is 18.3. The summed E-state index contributed by atoms with van der Waals surface area (Å²) in [4.78, 5) is 11.1. The van der Waals surface area contributed by atoms with Gasteiger partial charge in [0, 0.05) is 13.0 Å². The van der Waals surface area contributed by atoms with Gasteiger partial charge in [-0.05, 0) is 43.3 Å². The maximum atomic E-state index is 11.1. The second kappa shape index (κ2) is 6.85. The first-order valence-corrected chi connectivity index (χ1v) is 10.0. The molecule has 0 saturated carbocycles. The Labute approximate surface area is 115 Å². The molecular formula is C15H32O2Si. The molecule has 18 heavy (non-hydrogen) atoms. The zero-order valence-electron chi connectivity index (χ0n) is 13.6. The fraction of sp³-hybridized carbons (Fsp3) is 0.933. The van der Waals surface area contributed by atoms with Gasteiger partial charge in [0.2, 0.25) is 0 Å². The topological polar surface area (TPSA) is 26.3 Å². The van der Waals surface area contributed by atoms with Gasteiger partial charge in [-0.2, -0.15) is 0 Å². The molecule has 0 rings (SSSR count). The standard InChI is InChI=1S/C15H32O2Si/c1-12(2)14(10-9-13(3)16)11-17-18(7,8)15(4,5)6/h12,14H,9-11H2,1-8H3/t14-/m1/s1. The van der Waals surface area contributed by atoms with E-state index >= 15 is 0 Å². The molecule has 0 N–H and O–H groups in total. The monoisotopic (exact) mass is 272 g/mol. The highest BCUT2D eigenvalue weighted by molar-refractivity contribution is 6.74. The smallest absolute Gasteiger partial charge is 0.191 e. The van der Waals surface area contributed by atoms with E-state index in [0.717, 1.165) is 13.0 Å². The minimum atomic E-state index is -1.65. The van der Waals surface area contributed by atoms with E-state index in [4.69, 9.17) is 4.43 Å². The van der Waals surface area contributed by atoms with Crippen LogP contribution in [0.4, 0.5) is 0 Å². The van der Waals surface area contributed by atoms with Crippen molar-refractivity contribution in [3.8, 4) is 0 Å². The van der Waals surface area contributed by atoms with E-state index < -0.39 is 8.32 Å². The summed E-state index contributed by atoms with van der Waals surface area (Å²) in [7, 11) is -1.65. The molecule has 0 bridgehead atoms. The van der Waals surface area contributed by atoms with Crippen molar-refractivity contribution in [1.29, 1.82) is 0 Å². The Balaban J connectivity index is 4.40. The minimum absolute atomic E-state index is 0.259. The van der Waals surface area contributed by atoms with Gasteiger partial charge in [0.05, 0.1) is 0 Å². The van der Waals surface area contributed by atoms with Gasteiger partial charge in [-0.25, -0.2) is 0 Å². The summed E-state index contributed by atoms with van der Waals surface area (Å²) >= 11 is 0. The fourth-order valence-corrected chi connectivity index (χ4v) is 2.59. The van der Waals surface area contributed by atoms with E-state index in [2.05, 4.69) is 47.7 Å². The van der Waals surface area contributed by atoms with Crippen LogP contribution in [-0.4, -0.2) is 20.7 Å². The van der Waals surface area contributed by atoms with Crippen molar-refractivity contribution in [3.63, 3.8) is 0 Å². The zero-order chi connectivity index (χ0) is 14.6. The van der Waals surface area contributed by atoms with Crippen LogP contribution in [0.25, 0.3) is 0 Å². The van der Waals surface area contributed by atoms with E-state index in [-0.39, 0.29) is 10.8 Å². The van der Waals surface area contributed by atoms with Gasteiger partial charge in [0.25, 0.3) is 0 Å². The largest absolute Gasteiger partial charge is 0.417 e. The third-order valence-corrected chi connectivity index (χ3v) is 8.78. The van der Waals surface area contributed by atoms with Crippen molar-refractivity contribution in [2.45, 2.75) is 72.5 Å². The lowest BCUT2D eigenvalue weighted by Gasteiger charge is -2.37. The van der Waals surface area contributed by atoms with Crippen LogP contribution in [0.5, 0.6) is 0 Å². The van der Waals surface area contributed by atoms with Crippen LogP contribution < -0.4 is 0 Å². The van der Waals surface area contributed by atoms with E-state index in [1.54, 1.807) is 6.92 Å². The summed E-state index contributed by atoms with van der Waals surface area (Å²) in [6, 6.07) is 0. The average molecular weight is 273 g/mol. The molecule has 0 heterocycles. The molecule has 0 aliphatic carbocycles. The number of rotatable bonds is 7. The summed E-state index contributed by atoms with van der Waals surface area (Å²) in [5.41, 5.74) is 0. The molecule has 2 nitrogen and oxygen atoms in total. The fourth-order valence-electron chi connectivity index (χ4n) is 1.53. The van der Waals surface area contributed by atoms with Crippen LogP contribution in [-0.2, 0) is 9.22 Å². The molecule has 108 valence electrons. The predicted molar refractivity (Wildman–Crippen MR) is 81.4 cm³/mol. The lowest BCUT2D eigenvalue weighted by atomic mass is 9.91. The molecule has 0 aromatic rings. The second-order valence-corrected chi connectivity index (χ2v) is 12.1. The third-order valence-electron chi connectivity index (χ3n) is 4.27. The highest BCUT2D eigenvalue weighted by Gasteiger charge is 2.37. The zero-order valence-corrected chi connectivity index (χ0v) is 14.6. The van der Waals surface area contributed by atoms with Crippen LogP contribution in [0.1, 0.15) is 54.4 Å². The molecule has 0 aliphatic rings. The van der Waals surface area contributed by atoms with Crippen LogP contribution in [0, 0.1) is 11.8 Å². The molecule has 0 spiro atoms. The molecule has 0 aromatic carbocycles. The third kappa shape index (κ3) is 6.14. The number of carbonyl (C=O) groups is 1. The van der Waals surface area contributed by atoms with Gasteiger partial charge in [-0.1, -0.05) is 34.6 Å². The normalized spacial score (nSPS) is 14.9. The Morgan fingerprint density at radius 1 is 1.22 bits per heavy atom. The molecule has 3 heteroatoms. The Kier molecular flexibility index (Phi) is 6.79. The number of carbonyl (C=O) groups excluding carboxylic acids is 1. The van der Waals surface area contributed by atoms with Crippen molar-refractivity contribution in [2.75, 3.05) is 6.61 Å². The molecule has 0 aliphatic heterocycles. The molecule has 0 amide bonds. The highest BCUT2D eigenvalue weighted by atomic mass is 28.4. The summed E-state index contributed by atoms with van der Waals surface area (Å²) in [5, 5.41) is 0.259. The van der Waals surface area contributed by atoms with Crippen molar-refractivity contribution in [1.82, 2.24) is 0 Å². The van der Waals surface area contributed by atoms with Crippen molar-refractivity contribution < 1.29 is 9.22 Å². The van der Waals surface area contributed by atoms with E-state index in [0.29, 0.717) is 18.3 Å². The number of hydrogen-bond acceptors (Lipinski definition) is 2. The Morgan fingerprint density at radius 2 is 1.72 bits per heavy atom. The number of hydrogen-bond donors (Lipinski definition) is 0. The summed E-state index contributed by atoms with van der Waals surface area (Å²) in [5.74, 6) is 1.37. The molecule has 0 aromatic heterocycles. The quantitative estimate of drug-likeness (QED) is 0.631. The maximum Gasteiger partial charge on any atom is 0.191 e. The SMILES string of the molecule is CC(=O)CC[C@H](CO[Si](C)(C)C(C)(C)C)C(C)C. The summed E-state index contributed by atoms with van der Waals surface area (Å²) < 4.78 is 6.28. The highest BCUT2D eigenvalue weighted by Crippen LogP contribution is 2.37. The van der Waals surface area contributed by atoms with Crippen LogP contribution >= 0.6 is 0 Å². The van der Waals surface area contributed by atoms with E-state index in [9.17, 15) is 4.79 Å². The van der Waals surface area contributed by atoms with Gasteiger partial charge in [0.1, 0.15) is 5.78 Å². The molecule has 0 unspecified atom stereocenters. The van der Waals surface area contributed by atoms with Crippen molar-refractivity contribution >= 4 is 14.1 Å². The Morgan fingerprint density at radius 3 is 2.06 bits per heavy atom. The summed E-state index contributed by atoms with van der Waals surface area (Å²) in [6.07, 6.45) is 1.64. The van der Waals surface area contributed by atoms with Crippen molar-refractivity contribution in [2.24, 2.45) is 11.8 Å². The second-order valence-electron chi connectivity index (χ2n) is 7.32. The molecular weight excluding hydrogens is 240 g/mol. The minimum Gasteiger partial charge on any atom is -0.417 e. The lowest BCUT2D eigenvalue weighted by Crippen LogP contribution is -2.42. The van der Waals surface area contributed by atoms with E-state index in [1.807, 2.05) is 0 Å². The number of ketones is 1. The number of Topliss-reactive ketones (excluding diaryl/α,β-unsaturated/α-hetero) is 1. The van der Waals surface area contributed by atoms with Gasteiger partial charge in [-0.3, -0.25) is 0 Å². The van der Waals surface area contributed by atoms with Crippen LogP contribution in [0.15, 0.2) is 0 Å². The molecule has 0 fully saturated rings. The van der Waals surface area contributed by atoms with Gasteiger partial charge < -0.3 is 9.22 Å². The van der Waals surface area contributed by atoms with Gasteiger partial charge >= 0.3 is 0 Å². The first-order chi connectivity index (χ1) is 7.97. The Bertz CT molecular complexity index is 264. The van der Waals surface area contributed by atoms with Gasteiger partial charge in [0.15, 0.2) is 8.32 Å². The maximum absolute atomic E-state index is 11.1. The van der Waals surface area contributed by atoms with Crippen molar-refractivity contribution in [3.05, 3.63) is 0 Å². The first-order valence-electron chi connectivity index (χ1n) is 7.11. The molecule has 1 atom stereocenters. The van der Waals surface area contributed by atoms with Crippen LogP contribution in [0.3, 0.4) is 0 Å². The molecule has 0 saturated heterocycles. The Hall–Kier alpha value is -0.153.